The minimum atomic E-state index is 0.570. The van der Waals surface area contributed by atoms with Gasteiger partial charge in [-0.3, -0.25) is 0 Å². The molecule has 0 saturated carbocycles. The first kappa shape index (κ1) is 18.4. The van der Waals surface area contributed by atoms with E-state index in [4.69, 9.17) is 4.99 Å². The largest absolute Gasteiger partial charge is 0.357 e. The molecule has 3 rings (SSSR count). The van der Waals surface area contributed by atoms with E-state index in [-0.39, 0.29) is 0 Å². The Balaban J connectivity index is 1.56. The fraction of sp³-hybridized carbons (Fsp3) is 0.550. The normalized spacial score (nSPS) is 16.1. The molecule has 1 aromatic heterocycles. The molecule has 0 unspecified atom stereocenters. The molecule has 0 radical (unpaired) electrons. The summed E-state index contributed by atoms with van der Waals surface area (Å²) in [5.74, 6) is 2.68. The number of aryl methyl sites for hydroxylation is 1. The molecule has 0 spiro atoms. The third-order valence-electron chi connectivity index (χ3n) is 5.02. The molecule has 0 amide bonds. The summed E-state index contributed by atoms with van der Waals surface area (Å²) in [6.45, 7) is 8.65. The van der Waals surface area contributed by atoms with Gasteiger partial charge in [0, 0.05) is 26.2 Å². The molecular formula is C20H30N6. The molecule has 1 fully saturated rings. The fourth-order valence-corrected chi connectivity index (χ4v) is 3.53. The van der Waals surface area contributed by atoms with Gasteiger partial charge in [0.15, 0.2) is 11.8 Å². The van der Waals surface area contributed by atoms with E-state index < -0.39 is 0 Å². The highest BCUT2D eigenvalue weighted by Gasteiger charge is 2.21. The summed E-state index contributed by atoms with van der Waals surface area (Å²) in [6.07, 6.45) is 5.38. The number of rotatable bonds is 6. The highest BCUT2D eigenvalue weighted by molar-refractivity contribution is 5.80. The van der Waals surface area contributed by atoms with Crippen molar-refractivity contribution in [3.05, 3.63) is 48.0 Å². The zero-order valence-corrected chi connectivity index (χ0v) is 15.9. The fourth-order valence-electron chi connectivity index (χ4n) is 3.53. The van der Waals surface area contributed by atoms with Gasteiger partial charge in [0.05, 0.1) is 0 Å². The molecule has 0 bridgehead atoms. The van der Waals surface area contributed by atoms with E-state index in [1.807, 2.05) is 4.57 Å². The second kappa shape index (κ2) is 9.36. The Hall–Kier alpha value is -2.37. The standard InChI is InChI=1S/C20H30N6/c1-3-21-20(22-15-19-24-23-16-25(19)4-2)26-12-10-18(11-13-26)14-17-8-6-5-7-9-17/h5-9,16,18H,3-4,10-15H2,1-2H3,(H,21,22). The Morgan fingerprint density at radius 3 is 2.65 bits per heavy atom. The van der Waals surface area contributed by atoms with Gasteiger partial charge in [-0.25, -0.2) is 4.99 Å². The van der Waals surface area contributed by atoms with Crippen LogP contribution in [0.15, 0.2) is 41.7 Å². The molecule has 6 nitrogen and oxygen atoms in total. The number of likely N-dealkylation sites (tertiary alicyclic amines) is 1. The van der Waals surface area contributed by atoms with Crippen molar-refractivity contribution in [2.75, 3.05) is 19.6 Å². The summed E-state index contributed by atoms with van der Waals surface area (Å²) in [5.41, 5.74) is 1.45. The summed E-state index contributed by atoms with van der Waals surface area (Å²) >= 11 is 0. The molecule has 0 aliphatic carbocycles. The lowest BCUT2D eigenvalue weighted by Crippen LogP contribution is -2.45. The molecule has 140 valence electrons. The molecule has 1 aliphatic rings. The first-order valence-electron chi connectivity index (χ1n) is 9.74. The maximum Gasteiger partial charge on any atom is 0.194 e. The number of hydrogen-bond acceptors (Lipinski definition) is 3. The van der Waals surface area contributed by atoms with Crippen LogP contribution in [0.4, 0.5) is 0 Å². The maximum atomic E-state index is 4.81. The van der Waals surface area contributed by atoms with Crippen LogP contribution in [-0.2, 0) is 19.5 Å². The first-order chi connectivity index (χ1) is 12.8. The van der Waals surface area contributed by atoms with E-state index in [9.17, 15) is 0 Å². The quantitative estimate of drug-likeness (QED) is 0.640. The zero-order chi connectivity index (χ0) is 18.2. The highest BCUT2D eigenvalue weighted by Crippen LogP contribution is 2.21. The van der Waals surface area contributed by atoms with Crippen molar-refractivity contribution in [3.8, 4) is 0 Å². The van der Waals surface area contributed by atoms with Crippen molar-refractivity contribution in [2.45, 2.75) is 46.2 Å². The number of nitrogens with zero attached hydrogens (tertiary/aromatic N) is 5. The number of nitrogens with one attached hydrogen (secondary N) is 1. The van der Waals surface area contributed by atoms with E-state index in [0.29, 0.717) is 6.54 Å². The summed E-state index contributed by atoms with van der Waals surface area (Å²) in [6, 6.07) is 10.8. The van der Waals surface area contributed by atoms with Crippen LogP contribution >= 0.6 is 0 Å². The Bertz CT molecular complexity index is 685. The van der Waals surface area contributed by atoms with Crippen LogP contribution in [0.2, 0.25) is 0 Å². The van der Waals surface area contributed by atoms with Crippen LogP contribution in [-0.4, -0.2) is 45.3 Å². The number of hydrogen-bond donors (Lipinski definition) is 1. The highest BCUT2D eigenvalue weighted by atomic mass is 15.3. The summed E-state index contributed by atoms with van der Waals surface area (Å²) in [7, 11) is 0. The first-order valence-corrected chi connectivity index (χ1v) is 9.74. The average Bonchev–Trinajstić information content (AvgIpc) is 3.14. The second-order valence-electron chi connectivity index (χ2n) is 6.82. The molecule has 26 heavy (non-hydrogen) atoms. The number of guanidine groups is 1. The van der Waals surface area contributed by atoms with Crippen LogP contribution in [0.25, 0.3) is 0 Å². The van der Waals surface area contributed by atoms with Gasteiger partial charge in [-0.15, -0.1) is 10.2 Å². The van der Waals surface area contributed by atoms with Crippen LogP contribution in [0, 0.1) is 5.92 Å². The molecular weight excluding hydrogens is 324 g/mol. The van der Waals surface area contributed by atoms with Crippen molar-refractivity contribution in [1.82, 2.24) is 25.0 Å². The molecule has 2 aromatic rings. The molecule has 1 aliphatic heterocycles. The predicted molar refractivity (Wildman–Crippen MR) is 105 cm³/mol. The lowest BCUT2D eigenvalue weighted by atomic mass is 9.90. The van der Waals surface area contributed by atoms with Gasteiger partial charge in [0.1, 0.15) is 12.9 Å². The Labute approximate surface area is 156 Å². The maximum absolute atomic E-state index is 4.81. The number of aliphatic imine (C=N–C) groups is 1. The minimum absolute atomic E-state index is 0.570. The summed E-state index contributed by atoms with van der Waals surface area (Å²) in [5, 5.41) is 11.6. The molecule has 0 atom stereocenters. The Morgan fingerprint density at radius 1 is 1.19 bits per heavy atom. The molecule has 1 saturated heterocycles. The van der Waals surface area contributed by atoms with E-state index in [2.05, 4.69) is 64.6 Å². The smallest absolute Gasteiger partial charge is 0.194 e. The third-order valence-corrected chi connectivity index (χ3v) is 5.02. The average molecular weight is 355 g/mol. The molecule has 6 heteroatoms. The van der Waals surface area contributed by atoms with E-state index in [1.54, 1.807) is 6.33 Å². The Kier molecular flexibility index (Phi) is 6.63. The number of piperidine rings is 1. The zero-order valence-electron chi connectivity index (χ0n) is 15.9. The van der Waals surface area contributed by atoms with Crippen LogP contribution in [0.3, 0.4) is 0 Å². The topological polar surface area (TPSA) is 58.3 Å². The van der Waals surface area contributed by atoms with Gasteiger partial charge >= 0.3 is 0 Å². The van der Waals surface area contributed by atoms with Gasteiger partial charge in [0.2, 0.25) is 0 Å². The van der Waals surface area contributed by atoms with Gasteiger partial charge in [0.25, 0.3) is 0 Å². The van der Waals surface area contributed by atoms with Crippen molar-refractivity contribution < 1.29 is 0 Å². The van der Waals surface area contributed by atoms with Gasteiger partial charge in [-0.2, -0.15) is 0 Å². The van der Waals surface area contributed by atoms with Gasteiger partial charge in [-0.05, 0) is 44.6 Å². The SMILES string of the molecule is CCNC(=NCc1nncn1CC)N1CCC(Cc2ccccc2)CC1. The van der Waals surface area contributed by atoms with E-state index >= 15 is 0 Å². The van der Waals surface area contributed by atoms with Crippen LogP contribution in [0.1, 0.15) is 38.1 Å². The van der Waals surface area contributed by atoms with Crippen molar-refractivity contribution in [1.29, 1.82) is 0 Å². The van der Waals surface area contributed by atoms with Crippen LogP contribution in [0.5, 0.6) is 0 Å². The summed E-state index contributed by atoms with van der Waals surface area (Å²) in [4.78, 5) is 7.19. The van der Waals surface area contributed by atoms with Crippen molar-refractivity contribution in [2.24, 2.45) is 10.9 Å². The van der Waals surface area contributed by atoms with Crippen molar-refractivity contribution in [3.63, 3.8) is 0 Å². The van der Waals surface area contributed by atoms with E-state index in [0.717, 1.165) is 43.9 Å². The summed E-state index contributed by atoms with van der Waals surface area (Å²) < 4.78 is 2.04. The third kappa shape index (κ3) is 4.84. The van der Waals surface area contributed by atoms with Crippen LogP contribution < -0.4 is 5.32 Å². The molecule has 2 heterocycles. The van der Waals surface area contributed by atoms with Gasteiger partial charge < -0.3 is 14.8 Å². The predicted octanol–water partition coefficient (Wildman–Crippen LogP) is 2.72. The lowest BCUT2D eigenvalue weighted by Gasteiger charge is -2.34. The molecule has 1 N–H and O–H groups in total. The number of aromatic nitrogens is 3. The van der Waals surface area contributed by atoms with Gasteiger partial charge in [-0.1, -0.05) is 30.3 Å². The molecule has 1 aromatic carbocycles. The Morgan fingerprint density at radius 2 is 1.96 bits per heavy atom. The lowest BCUT2D eigenvalue weighted by molar-refractivity contribution is 0.259. The second-order valence-corrected chi connectivity index (χ2v) is 6.82. The van der Waals surface area contributed by atoms with E-state index in [1.165, 1.54) is 24.8 Å². The number of benzene rings is 1. The van der Waals surface area contributed by atoms with Crippen molar-refractivity contribution >= 4 is 5.96 Å². The minimum Gasteiger partial charge on any atom is -0.357 e. The monoisotopic (exact) mass is 354 g/mol.